The van der Waals surface area contributed by atoms with Gasteiger partial charge in [0.05, 0.1) is 18.8 Å². The van der Waals surface area contributed by atoms with Crippen molar-refractivity contribution in [1.82, 2.24) is 0 Å². The summed E-state index contributed by atoms with van der Waals surface area (Å²) in [5.74, 6) is 0.866. The summed E-state index contributed by atoms with van der Waals surface area (Å²) in [5.41, 5.74) is 2.26. The standard InChI is InChI=1S/C14H20O3/c1-10(2)16-7-8-17-12-4-5-13-11(9-12)3-6-14(13)15/h4-5,9-10,14-15H,3,6-8H2,1-2H3. The van der Waals surface area contributed by atoms with E-state index in [0.717, 1.165) is 24.2 Å². The second-order valence-corrected chi connectivity index (χ2v) is 4.68. The molecule has 0 aliphatic heterocycles. The van der Waals surface area contributed by atoms with Crippen LogP contribution in [0.3, 0.4) is 0 Å². The Bertz CT molecular complexity index is 374. The molecule has 0 fully saturated rings. The molecule has 1 N–H and O–H groups in total. The Hall–Kier alpha value is -1.06. The Morgan fingerprint density at radius 2 is 2.18 bits per heavy atom. The van der Waals surface area contributed by atoms with Crippen LogP contribution in [0, 0.1) is 0 Å². The van der Waals surface area contributed by atoms with Gasteiger partial charge in [-0.05, 0) is 49.9 Å². The van der Waals surface area contributed by atoms with Gasteiger partial charge in [0.2, 0.25) is 0 Å². The molecule has 0 saturated heterocycles. The number of benzene rings is 1. The number of rotatable bonds is 5. The zero-order chi connectivity index (χ0) is 12.3. The lowest BCUT2D eigenvalue weighted by Crippen LogP contribution is -2.11. The molecule has 0 spiro atoms. The van der Waals surface area contributed by atoms with Crippen LogP contribution in [0.4, 0.5) is 0 Å². The first-order valence-electron chi connectivity index (χ1n) is 6.22. The summed E-state index contributed by atoms with van der Waals surface area (Å²) in [4.78, 5) is 0. The van der Waals surface area contributed by atoms with Gasteiger partial charge in [-0.15, -0.1) is 0 Å². The highest BCUT2D eigenvalue weighted by Gasteiger charge is 2.20. The summed E-state index contributed by atoms with van der Waals surface area (Å²) >= 11 is 0. The van der Waals surface area contributed by atoms with E-state index in [9.17, 15) is 5.11 Å². The lowest BCUT2D eigenvalue weighted by Gasteiger charge is -2.10. The quantitative estimate of drug-likeness (QED) is 0.798. The maximum Gasteiger partial charge on any atom is 0.119 e. The highest BCUT2D eigenvalue weighted by atomic mass is 16.5. The fourth-order valence-electron chi connectivity index (χ4n) is 2.10. The molecule has 3 heteroatoms. The Balaban J connectivity index is 1.86. The van der Waals surface area contributed by atoms with Crippen molar-refractivity contribution in [3.8, 4) is 5.75 Å². The van der Waals surface area contributed by atoms with Gasteiger partial charge in [-0.25, -0.2) is 0 Å². The predicted molar refractivity (Wildman–Crippen MR) is 66.3 cm³/mol. The number of aliphatic hydroxyl groups is 1. The summed E-state index contributed by atoms with van der Waals surface area (Å²) in [6, 6.07) is 5.91. The van der Waals surface area contributed by atoms with E-state index in [1.807, 2.05) is 32.0 Å². The summed E-state index contributed by atoms with van der Waals surface area (Å²) in [5, 5.41) is 9.69. The van der Waals surface area contributed by atoms with Crippen LogP contribution in [0.5, 0.6) is 5.75 Å². The van der Waals surface area contributed by atoms with Crippen molar-refractivity contribution in [3.05, 3.63) is 29.3 Å². The van der Waals surface area contributed by atoms with Gasteiger partial charge in [-0.1, -0.05) is 6.07 Å². The third-order valence-electron chi connectivity index (χ3n) is 2.96. The van der Waals surface area contributed by atoms with E-state index >= 15 is 0 Å². The lowest BCUT2D eigenvalue weighted by atomic mass is 10.1. The summed E-state index contributed by atoms with van der Waals surface area (Å²) in [6.07, 6.45) is 1.72. The molecule has 0 amide bonds. The maximum absolute atomic E-state index is 9.69. The highest BCUT2D eigenvalue weighted by molar-refractivity contribution is 5.39. The molecule has 1 aliphatic carbocycles. The minimum Gasteiger partial charge on any atom is -0.491 e. The molecule has 0 bridgehead atoms. The molecule has 2 rings (SSSR count). The van der Waals surface area contributed by atoms with Gasteiger partial charge in [0.1, 0.15) is 12.4 Å². The molecule has 94 valence electrons. The Labute approximate surface area is 102 Å². The van der Waals surface area contributed by atoms with Gasteiger partial charge in [-0.2, -0.15) is 0 Å². The molecule has 0 heterocycles. The zero-order valence-corrected chi connectivity index (χ0v) is 10.5. The maximum atomic E-state index is 9.69. The first-order valence-corrected chi connectivity index (χ1v) is 6.22. The fraction of sp³-hybridized carbons (Fsp3) is 0.571. The number of ether oxygens (including phenoxy) is 2. The van der Waals surface area contributed by atoms with E-state index in [0.29, 0.717) is 13.2 Å². The molecule has 0 saturated carbocycles. The van der Waals surface area contributed by atoms with E-state index in [2.05, 4.69) is 0 Å². The second-order valence-electron chi connectivity index (χ2n) is 4.68. The minimum absolute atomic E-state index is 0.244. The smallest absolute Gasteiger partial charge is 0.119 e. The number of aryl methyl sites for hydroxylation is 1. The van der Waals surface area contributed by atoms with E-state index in [1.54, 1.807) is 0 Å². The average Bonchev–Trinajstić information content (AvgIpc) is 2.66. The van der Waals surface area contributed by atoms with Gasteiger partial charge in [-0.3, -0.25) is 0 Å². The predicted octanol–water partition coefficient (Wildman–Crippen LogP) is 2.47. The normalized spacial score (nSPS) is 18.5. The van der Waals surface area contributed by atoms with Gasteiger partial charge in [0.25, 0.3) is 0 Å². The van der Waals surface area contributed by atoms with E-state index in [4.69, 9.17) is 9.47 Å². The summed E-state index contributed by atoms with van der Waals surface area (Å²) in [7, 11) is 0. The molecule has 0 aromatic heterocycles. The lowest BCUT2D eigenvalue weighted by molar-refractivity contribution is 0.0552. The monoisotopic (exact) mass is 236 g/mol. The van der Waals surface area contributed by atoms with Crippen molar-refractivity contribution < 1.29 is 14.6 Å². The zero-order valence-electron chi connectivity index (χ0n) is 10.5. The van der Waals surface area contributed by atoms with Crippen molar-refractivity contribution in [3.63, 3.8) is 0 Å². The van der Waals surface area contributed by atoms with Crippen LogP contribution in [-0.2, 0) is 11.2 Å². The van der Waals surface area contributed by atoms with Crippen molar-refractivity contribution in [2.45, 2.75) is 38.9 Å². The highest BCUT2D eigenvalue weighted by Crippen LogP contribution is 2.33. The van der Waals surface area contributed by atoms with Crippen LogP contribution in [-0.4, -0.2) is 24.4 Å². The topological polar surface area (TPSA) is 38.7 Å². The second kappa shape index (κ2) is 5.52. The van der Waals surface area contributed by atoms with Crippen molar-refractivity contribution in [1.29, 1.82) is 0 Å². The number of hydrogen-bond donors (Lipinski definition) is 1. The molecule has 3 nitrogen and oxygen atoms in total. The molecule has 1 unspecified atom stereocenters. The van der Waals surface area contributed by atoms with Crippen molar-refractivity contribution in [2.24, 2.45) is 0 Å². The molecule has 1 atom stereocenters. The fourth-order valence-corrected chi connectivity index (χ4v) is 2.10. The van der Waals surface area contributed by atoms with Crippen molar-refractivity contribution in [2.75, 3.05) is 13.2 Å². The van der Waals surface area contributed by atoms with Gasteiger partial charge in [0.15, 0.2) is 0 Å². The van der Waals surface area contributed by atoms with Crippen LogP contribution in [0.2, 0.25) is 0 Å². The first-order chi connectivity index (χ1) is 8.16. The van der Waals surface area contributed by atoms with E-state index in [-0.39, 0.29) is 12.2 Å². The molecule has 1 aromatic carbocycles. The Morgan fingerprint density at radius 3 is 2.94 bits per heavy atom. The van der Waals surface area contributed by atoms with Gasteiger partial charge in [0, 0.05) is 0 Å². The average molecular weight is 236 g/mol. The largest absolute Gasteiger partial charge is 0.491 e. The van der Waals surface area contributed by atoms with Crippen LogP contribution in [0.1, 0.15) is 37.5 Å². The summed E-state index contributed by atoms with van der Waals surface area (Å²) < 4.78 is 11.0. The molecular formula is C14H20O3. The van der Waals surface area contributed by atoms with Gasteiger partial charge < -0.3 is 14.6 Å². The number of fused-ring (bicyclic) bond motifs is 1. The number of hydrogen-bond acceptors (Lipinski definition) is 3. The van der Waals surface area contributed by atoms with Crippen LogP contribution in [0.15, 0.2) is 18.2 Å². The third-order valence-corrected chi connectivity index (χ3v) is 2.96. The minimum atomic E-state index is -0.289. The summed E-state index contributed by atoms with van der Waals surface area (Å²) in [6.45, 7) is 5.20. The molecule has 17 heavy (non-hydrogen) atoms. The Kier molecular flexibility index (Phi) is 4.02. The molecule has 0 radical (unpaired) electrons. The molecular weight excluding hydrogens is 216 g/mol. The van der Waals surface area contributed by atoms with E-state index in [1.165, 1.54) is 5.56 Å². The van der Waals surface area contributed by atoms with Crippen LogP contribution < -0.4 is 4.74 Å². The van der Waals surface area contributed by atoms with Crippen LogP contribution >= 0.6 is 0 Å². The third kappa shape index (κ3) is 3.20. The Morgan fingerprint density at radius 1 is 1.35 bits per heavy atom. The first kappa shape index (κ1) is 12.4. The SMILES string of the molecule is CC(C)OCCOc1ccc2c(c1)CCC2O. The van der Waals surface area contributed by atoms with Gasteiger partial charge >= 0.3 is 0 Å². The van der Waals surface area contributed by atoms with E-state index < -0.39 is 0 Å². The van der Waals surface area contributed by atoms with Crippen molar-refractivity contribution >= 4 is 0 Å². The molecule has 1 aliphatic rings. The molecule has 1 aromatic rings. The number of aliphatic hydroxyl groups excluding tert-OH is 1. The van der Waals surface area contributed by atoms with Crippen LogP contribution in [0.25, 0.3) is 0 Å².